The van der Waals surface area contributed by atoms with Crippen LogP contribution in [0.1, 0.15) is 45.4 Å². The molecular weight excluding hydrogens is 310 g/mol. The molecule has 1 heterocycles. The largest absolute Gasteiger partial charge is 0.352 e. The number of carbonyl (C=O) groups excluding carboxylic acids is 1. The maximum atomic E-state index is 12.7. The van der Waals surface area contributed by atoms with Crippen molar-refractivity contribution in [2.24, 2.45) is 23.2 Å². The highest BCUT2D eigenvalue weighted by molar-refractivity contribution is 5.80. The van der Waals surface area contributed by atoms with Crippen molar-refractivity contribution in [2.75, 3.05) is 0 Å². The van der Waals surface area contributed by atoms with Gasteiger partial charge in [0.2, 0.25) is 5.91 Å². The van der Waals surface area contributed by atoms with Crippen LogP contribution in [0, 0.1) is 23.2 Å². The summed E-state index contributed by atoms with van der Waals surface area (Å²) < 4.78 is 1.96. The molecule has 25 heavy (non-hydrogen) atoms. The minimum Gasteiger partial charge on any atom is -0.352 e. The fraction of sp³-hybridized carbons (Fsp3) is 0.619. The van der Waals surface area contributed by atoms with Gasteiger partial charge in [-0.15, -0.1) is 0 Å². The van der Waals surface area contributed by atoms with Gasteiger partial charge in [-0.25, -0.2) is 4.98 Å². The van der Waals surface area contributed by atoms with Crippen LogP contribution in [0.25, 0.3) is 11.0 Å². The van der Waals surface area contributed by atoms with Crippen LogP contribution in [-0.4, -0.2) is 21.5 Å². The predicted molar refractivity (Wildman–Crippen MR) is 97.9 cm³/mol. The van der Waals surface area contributed by atoms with Crippen LogP contribution in [0.5, 0.6) is 0 Å². The van der Waals surface area contributed by atoms with E-state index < -0.39 is 0 Å². The van der Waals surface area contributed by atoms with Gasteiger partial charge in [0.25, 0.3) is 0 Å². The van der Waals surface area contributed by atoms with Crippen molar-refractivity contribution >= 4 is 16.9 Å². The Morgan fingerprint density at radius 2 is 1.84 bits per heavy atom. The lowest BCUT2D eigenvalue weighted by atomic mass is 9.48. The highest BCUT2D eigenvalue weighted by atomic mass is 16.2. The van der Waals surface area contributed by atoms with Gasteiger partial charge >= 0.3 is 0 Å². The van der Waals surface area contributed by atoms with E-state index in [-0.39, 0.29) is 11.9 Å². The number of para-hydroxylation sites is 2. The summed E-state index contributed by atoms with van der Waals surface area (Å²) in [6, 6.07) is 8.27. The maximum Gasteiger partial charge on any atom is 0.240 e. The lowest BCUT2D eigenvalue weighted by Gasteiger charge is -2.59. The van der Waals surface area contributed by atoms with E-state index in [1.165, 1.54) is 38.5 Å². The Hall–Kier alpha value is -1.84. The van der Waals surface area contributed by atoms with E-state index in [1.807, 2.05) is 28.8 Å². The molecule has 2 aromatic rings. The first-order valence-electron chi connectivity index (χ1n) is 9.80. The van der Waals surface area contributed by atoms with E-state index in [4.69, 9.17) is 0 Å². The quantitative estimate of drug-likeness (QED) is 0.923. The molecule has 6 rings (SSSR count). The highest BCUT2D eigenvalue weighted by Gasteiger charge is 2.53. The van der Waals surface area contributed by atoms with E-state index in [0.717, 1.165) is 28.8 Å². The molecule has 0 saturated heterocycles. The molecule has 0 aliphatic heterocycles. The van der Waals surface area contributed by atoms with E-state index >= 15 is 0 Å². The second kappa shape index (κ2) is 5.58. The van der Waals surface area contributed by atoms with Gasteiger partial charge in [0.05, 0.1) is 17.4 Å². The van der Waals surface area contributed by atoms with Gasteiger partial charge in [-0.2, -0.15) is 0 Å². The Bertz CT molecular complexity index is 773. The van der Waals surface area contributed by atoms with E-state index in [1.54, 1.807) is 6.33 Å². The Kier molecular flexibility index (Phi) is 3.44. The summed E-state index contributed by atoms with van der Waals surface area (Å²) >= 11 is 0. The third-order valence-electron chi connectivity index (χ3n) is 7.22. The standard InChI is InChI=1S/C21H27N3O/c1-14(21-9-15-6-16(10-21)8-17(7-15)11-21)23-20(25)12-24-13-22-18-4-2-3-5-19(18)24/h2-5,13-17H,6-12H2,1H3,(H,23,25)/t14-,15?,16?,17?,21?/m0/s1. The molecule has 4 saturated carbocycles. The third-order valence-corrected chi connectivity index (χ3v) is 7.22. The SMILES string of the molecule is C[C@H](NC(=O)Cn1cnc2ccccc21)C12CC3CC(CC(C3)C1)C2. The summed E-state index contributed by atoms with van der Waals surface area (Å²) in [5.41, 5.74) is 2.34. The van der Waals surface area contributed by atoms with Crippen molar-refractivity contribution in [3.63, 3.8) is 0 Å². The molecule has 0 radical (unpaired) electrons. The lowest BCUT2D eigenvalue weighted by molar-refractivity contribution is -0.126. The van der Waals surface area contributed by atoms with Crippen LogP contribution < -0.4 is 5.32 Å². The van der Waals surface area contributed by atoms with Gasteiger partial charge in [-0.3, -0.25) is 4.79 Å². The Morgan fingerprint density at radius 3 is 2.52 bits per heavy atom. The summed E-state index contributed by atoms with van der Waals surface area (Å²) in [5, 5.41) is 3.35. The Labute approximate surface area is 149 Å². The van der Waals surface area contributed by atoms with Crippen LogP contribution in [0.15, 0.2) is 30.6 Å². The normalized spacial score (nSPS) is 34.4. The van der Waals surface area contributed by atoms with Crippen molar-refractivity contribution in [3.05, 3.63) is 30.6 Å². The molecular formula is C21H27N3O. The van der Waals surface area contributed by atoms with Gasteiger partial charge in [-0.05, 0) is 80.8 Å². The molecule has 4 fully saturated rings. The first-order chi connectivity index (χ1) is 12.1. The lowest BCUT2D eigenvalue weighted by Crippen LogP contribution is -2.56. The van der Waals surface area contributed by atoms with Gasteiger partial charge in [0.1, 0.15) is 6.54 Å². The van der Waals surface area contributed by atoms with Crippen molar-refractivity contribution in [1.82, 2.24) is 14.9 Å². The van der Waals surface area contributed by atoms with Gasteiger partial charge < -0.3 is 9.88 Å². The summed E-state index contributed by atoms with van der Waals surface area (Å²) in [5.74, 6) is 2.88. The fourth-order valence-corrected chi connectivity index (χ4v) is 6.44. The number of rotatable bonds is 4. The number of amides is 1. The van der Waals surface area contributed by atoms with Crippen LogP contribution in [0.4, 0.5) is 0 Å². The molecule has 132 valence electrons. The zero-order chi connectivity index (χ0) is 17.0. The molecule has 4 nitrogen and oxygen atoms in total. The smallest absolute Gasteiger partial charge is 0.240 e. The molecule has 0 unspecified atom stereocenters. The van der Waals surface area contributed by atoms with E-state index in [0.29, 0.717) is 12.0 Å². The molecule has 1 N–H and O–H groups in total. The molecule has 0 spiro atoms. The highest BCUT2D eigenvalue weighted by Crippen LogP contribution is 2.61. The average molecular weight is 337 g/mol. The summed E-state index contributed by atoms with van der Waals surface area (Å²) in [7, 11) is 0. The zero-order valence-corrected chi connectivity index (χ0v) is 14.9. The fourth-order valence-electron chi connectivity index (χ4n) is 6.44. The summed E-state index contributed by atoms with van der Waals surface area (Å²) in [6.45, 7) is 2.61. The number of aromatic nitrogens is 2. The van der Waals surface area contributed by atoms with Crippen molar-refractivity contribution in [1.29, 1.82) is 0 Å². The van der Waals surface area contributed by atoms with Crippen molar-refractivity contribution in [2.45, 2.75) is 58.0 Å². The second-order valence-electron chi connectivity index (χ2n) is 8.93. The molecule has 4 bridgehead atoms. The number of nitrogens with one attached hydrogen (secondary N) is 1. The summed E-state index contributed by atoms with van der Waals surface area (Å²) in [6.07, 6.45) is 10.1. The third kappa shape index (κ3) is 2.57. The molecule has 4 aliphatic carbocycles. The van der Waals surface area contributed by atoms with Crippen LogP contribution in [0.3, 0.4) is 0 Å². The molecule has 4 heteroatoms. The molecule has 4 aliphatic rings. The van der Waals surface area contributed by atoms with Crippen molar-refractivity contribution < 1.29 is 4.79 Å². The number of hydrogen-bond donors (Lipinski definition) is 1. The Morgan fingerprint density at radius 1 is 1.20 bits per heavy atom. The van der Waals surface area contributed by atoms with Crippen LogP contribution in [0.2, 0.25) is 0 Å². The second-order valence-corrected chi connectivity index (χ2v) is 8.93. The predicted octanol–water partition coefficient (Wildman–Crippen LogP) is 3.76. The number of imidazole rings is 1. The van der Waals surface area contributed by atoms with Gasteiger partial charge in [0, 0.05) is 6.04 Å². The minimum absolute atomic E-state index is 0.117. The number of fused-ring (bicyclic) bond motifs is 1. The monoisotopic (exact) mass is 337 g/mol. The number of nitrogens with zero attached hydrogens (tertiary/aromatic N) is 2. The summed E-state index contributed by atoms with van der Waals surface area (Å²) in [4.78, 5) is 17.1. The number of benzene rings is 1. The minimum atomic E-state index is 0.117. The molecule has 1 aromatic carbocycles. The molecule has 1 aromatic heterocycles. The molecule has 1 amide bonds. The average Bonchev–Trinajstić information content (AvgIpc) is 2.96. The van der Waals surface area contributed by atoms with Gasteiger partial charge in [-0.1, -0.05) is 12.1 Å². The first-order valence-corrected chi connectivity index (χ1v) is 9.80. The topological polar surface area (TPSA) is 46.9 Å². The number of carbonyl (C=O) groups is 1. The number of hydrogen-bond acceptors (Lipinski definition) is 2. The maximum absolute atomic E-state index is 12.7. The van der Waals surface area contributed by atoms with Gasteiger partial charge in [0.15, 0.2) is 0 Å². The molecule has 1 atom stereocenters. The van der Waals surface area contributed by atoms with Crippen molar-refractivity contribution in [3.8, 4) is 0 Å². The van der Waals surface area contributed by atoms with Crippen LogP contribution >= 0.6 is 0 Å². The zero-order valence-electron chi connectivity index (χ0n) is 14.9. The van der Waals surface area contributed by atoms with E-state index in [2.05, 4.69) is 17.2 Å². The Balaban J connectivity index is 1.29. The first kappa shape index (κ1) is 15.4. The van der Waals surface area contributed by atoms with Crippen LogP contribution in [-0.2, 0) is 11.3 Å². The van der Waals surface area contributed by atoms with E-state index in [9.17, 15) is 4.79 Å².